The molecule has 4 aromatic rings. The van der Waals surface area contributed by atoms with E-state index < -0.39 is 0 Å². The van der Waals surface area contributed by atoms with E-state index in [1.54, 1.807) is 11.3 Å². The molecule has 0 saturated carbocycles. The Morgan fingerprint density at radius 2 is 1.63 bits per heavy atom. The molecule has 0 unspecified atom stereocenters. The van der Waals surface area contributed by atoms with Crippen molar-refractivity contribution in [2.75, 3.05) is 24.7 Å². The van der Waals surface area contributed by atoms with Gasteiger partial charge in [-0.25, -0.2) is 9.97 Å². The topological polar surface area (TPSA) is 70.3 Å². The Bertz CT molecular complexity index is 1260. The smallest absolute Gasteiger partial charge is 0.191 e. The Hall–Kier alpha value is -2.10. The van der Waals surface area contributed by atoms with Crippen LogP contribution in [0.3, 0.4) is 0 Å². The van der Waals surface area contributed by atoms with Gasteiger partial charge in [-0.1, -0.05) is 72.4 Å². The highest BCUT2D eigenvalue weighted by Gasteiger charge is 2.34. The largest absolute Gasteiger partial charge is 0.383 e. The highest BCUT2D eigenvalue weighted by atomic mass is 32.2. The van der Waals surface area contributed by atoms with Gasteiger partial charge in [0.1, 0.15) is 10.6 Å². The standard InChI is InChI=1S/C27H29N3O2S3/c1-3-31-21(32-4-2)16-33-27-29-25(28)22-19-15-20(17-11-7-5-8-12-17)34-23(18-13-9-6-10-14-18)24(19)35-26(22)30-27/h5-14,20-21,23H,3-4,15-16H2,1-2H3,(H2,28,29,30)/t20-,23+/m0/s1. The van der Waals surface area contributed by atoms with E-state index in [9.17, 15) is 0 Å². The maximum Gasteiger partial charge on any atom is 0.191 e. The van der Waals surface area contributed by atoms with Gasteiger partial charge in [0.25, 0.3) is 0 Å². The third-order valence-corrected chi connectivity index (χ3v) is 9.71. The van der Waals surface area contributed by atoms with Crippen LogP contribution in [0.5, 0.6) is 0 Å². The maximum atomic E-state index is 6.59. The number of fused-ring (bicyclic) bond motifs is 3. The van der Waals surface area contributed by atoms with E-state index in [2.05, 4.69) is 65.6 Å². The van der Waals surface area contributed by atoms with E-state index in [0.29, 0.717) is 35.2 Å². The van der Waals surface area contributed by atoms with Crippen LogP contribution in [0.25, 0.3) is 10.2 Å². The summed E-state index contributed by atoms with van der Waals surface area (Å²) in [5.74, 6) is 1.18. The van der Waals surface area contributed by atoms with Gasteiger partial charge in [0.05, 0.1) is 16.4 Å². The summed E-state index contributed by atoms with van der Waals surface area (Å²) in [7, 11) is 0. The number of nitrogen functional groups attached to an aromatic ring is 1. The van der Waals surface area contributed by atoms with Crippen LogP contribution in [0.4, 0.5) is 5.82 Å². The molecule has 8 heteroatoms. The van der Waals surface area contributed by atoms with Crippen molar-refractivity contribution in [2.45, 2.75) is 42.2 Å². The fourth-order valence-corrected chi connectivity index (χ4v) is 8.27. The molecule has 5 nitrogen and oxygen atoms in total. The number of hydrogen-bond acceptors (Lipinski definition) is 8. The zero-order chi connectivity index (χ0) is 24.2. The number of thiophene rings is 1. The zero-order valence-electron chi connectivity index (χ0n) is 19.8. The van der Waals surface area contributed by atoms with Gasteiger partial charge in [0.2, 0.25) is 0 Å². The van der Waals surface area contributed by atoms with Crippen LogP contribution in [0.2, 0.25) is 0 Å². The lowest BCUT2D eigenvalue weighted by atomic mass is 9.98. The number of thioether (sulfide) groups is 2. The van der Waals surface area contributed by atoms with Crippen molar-refractivity contribution in [3.05, 3.63) is 82.2 Å². The van der Waals surface area contributed by atoms with Gasteiger partial charge >= 0.3 is 0 Å². The minimum absolute atomic E-state index is 0.236. The van der Waals surface area contributed by atoms with Crippen molar-refractivity contribution in [3.8, 4) is 0 Å². The molecule has 2 atom stereocenters. The van der Waals surface area contributed by atoms with Gasteiger partial charge in [-0.15, -0.1) is 23.1 Å². The summed E-state index contributed by atoms with van der Waals surface area (Å²) in [4.78, 5) is 11.9. The zero-order valence-corrected chi connectivity index (χ0v) is 22.3. The number of benzene rings is 2. The minimum atomic E-state index is -0.280. The highest BCUT2D eigenvalue weighted by Crippen LogP contribution is 2.55. The summed E-state index contributed by atoms with van der Waals surface area (Å²) in [5.41, 5.74) is 10.5. The van der Waals surface area contributed by atoms with Crippen molar-refractivity contribution in [3.63, 3.8) is 0 Å². The average Bonchev–Trinajstić information content (AvgIpc) is 3.27. The number of aromatic nitrogens is 2. The van der Waals surface area contributed by atoms with Gasteiger partial charge in [-0.2, -0.15) is 0 Å². The van der Waals surface area contributed by atoms with E-state index in [1.165, 1.54) is 33.3 Å². The van der Waals surface area contributed by atoms with Crippen LogP contribution >= 0.6 is 34.9 Å². The summed E-state index contributed by atoms with van der Waals surface area (Å²) in [6.45, 7) is 5.15. The molecule has 5 rings (SSSR count). The molecule has 182 valence electrons. The van der Waals surface area contributed by atoms with Crippen molar-refractivity contribution < 1.29 is 9.47 Å². The van der Waals surface area contributed by atoms with Crippen molar-refractivity contribution in [1.82, 2.24) is 9.97 Å². The van der Waals surface area contributed by atoms with Crippen LogP contribution in [0.15, 0.2) is 65.8 Å². The van der Waals surface area contributed by atoms with Crippen molar-refractivity contribution in [1.29, 1.82) is 0 Å². The summed E-state index contributed by atoms with van der Waals surface area (Å²) < 4.78 is 11.3. The summed E-state index contributed by atoms with van der Waals surface area (Å²) in [6, 6.07) is 21.5. The van der Waals surface area contributed by atoms with Gasteiger partial charge in [-0.05, 0) is 37.0 Å². The molecule has 0 bridgehead atoms. The van der Waals surface area contributed by atoms with E-state index >= 15 is 0 Å². The molecule has 2 aromatic heterocycles. The Balaban J connectivity index is 1.52. The number of hydrogen-bond donors (Lipinski definition) is 1. The highest BCUT2D eigenvalue weighted by molar-refractivity contribution is 8.00. The fourth-order valence-electron chi connectivity index (χ4n) is 4.40. The molecule has 2 N–H and O–H groups in total. The average molecular weight is 524 g/mol. The SMILES string of the molecule is CCOC(CSc1nc(N)c2c3c(sc2n1)[C@@H](c1ccccc1)S[C@H](c1ccccc1)C3)OCC. The molecular weight excluding hydrogens is 495 g/mol. The van der Waals surface area contributed by atoms with Crippen molar-refractivity contribution >= 4 is 50.9 Å². The first-order chi connectivity index (χ1) is 17.2. The predicted molar refractivity (Wildman–Crippen MR) is 148 cm³/mol. The van der Waals surface area contributed by atoms with Gasteiger partial charge in [-0.3, -0.25) is 0 Å². The number of nitrogens with two attached hydrogens (primary N) is 1. The lowest BCUT2D eigenvalue weighted by Gasteiger charge is -2.30. The first kappa shape index (κ1) is 24.6. The molecule has 0 amide bonds. The van der Waals surface area contributed by atoms with E-state index in [1.807, 2.05) is 25.6 Å². The van der Waals surface area contributed by atoms with Crippen LogP contribution < -0.4 is 5.73 Å². The summed E-state index contributed by atoms with van der Waals surface area (Å²) in [5, 5.41) is 2.27. The molecule has 35 heavy (non-hydrogen) atoms. The molecule has 0 aliphatic carbocycles. The number of ether oxygens (including phenoxy) is 2. The molecule has 1 aliphatic heterocycles. The Kier molecular flexibility index (Phi) is 7.94. The summed E-state index contributed by atoms with van der Waals surface area (Å²) in [6.07, 6.45) is 0.641. The second-order valence-corrected chi connectivity index (χ2v) is 11.5. The maximum absolute atomic E-state index is 6.59. The lowest BCUT2D eigenvalue weighted by Crippen LogP contribution is -2.20. The quantitative estimate of drug-likeness (QED) is 0.146. The Morgan fingerprint density at radius 1 is 0.971 bits per heavy atom. The van der Waals surface area contributed by atoms with Gasteiger partial charge in [0.15, 0.2) is 11.4 Å². The molecule has 0 saturated heterocycles. The van der Waals surface area contributed by atoms with Gasteiger partial charge in [0, 0.05) is 23.3 Å². The molecule has 1 aliphatic rings. The van der Waals surface area contributed by atoms with Crippen LogP contribution in [0, 0.1) is 0 Å². The predicted octanol–water partition coefficient (Wildman–Crippen LogP) is 6.88. The first-order valence-corrected chi connectivity index (χ1v) is 14.6. The number of anilines is 1. The van der Waals surface area contributed by atoms with E-state index in [4.69, 9.17) is 20.2 Å². The van der Waals surface area contributed by atoms with E-state index in [0.717, 1.165) is 16.6 Å². The third-order valence-electron chi connectivity index (χ3n) is 5.94. The monoisotopic (exact) mass is 523 g/mol. The molecular formula is C27H29N3O2S3. The van der Waals surface area contributed by atoms with E-state index in [-0.39, 0.29) is 11.5 Å². The lowest BCUT2D eigenvalue weighted by molar-refractivity contribution is -0.120. The van der Waals surface area contributed by atoms with Crippen molar-refractivity contribution in [2.24, 2.45) is 0 Å². The van der Waals surface area contributed by atoms with Gasteiger partial charge < -0.3 is 15.2 Å². The van der Waals surface area contributed by atoms with Crippen LogP contribution in [-0.2, 0) is 15.9 Å². The molecule has 0 fully saturated rings. The second-order valence-electron chi connectivity index (χ2n) is 8.20. The number of nitrogens with zero attached hydrogens (tertiary/aromatic N) is 2. The second kappa shape index (κ2) is 11.3. The summed E-state index contributed by atoms with van der Waals surface area (Å²) >= 11 is 5.30. The Labute approximate surface area is 218 Å². The molecule has 0 spiro atoms. The molecule has 2 aromatic carbocycles. The third kappa shape index (κ3) is 5.37. The molecule has 3 heterocycles. The molecule has 0 radical (unpaired) electrons. The van der Waals surface area contributed by atoms with Crippen LogP contribution in [-0.4, -0.2) is 35.2 Å². The normalized spacial score (nSPS) is 17.7. The van der Waals surface area contributed by atoms with Crippen LogP contribution in [0.1, 0.15) is 45.9 Å². The Morgan fingerprint density at radius 3 is 2.29 bits per heavy atom. The fraction of sp³-hybridized carbons (Fsp3) is 0.333. The number of rotatable bonds is 9. The first-order valence-electron chi connectivity index (χ1n) is 11.9. The minimum Gasteiger partial charge on any atom is -0.383 e.